The van der Waals surface area contributed by atoms with Crippen LogP contribution in [0, 0.1) is 12.3 Å². The van der Waals surface area contributed by atoms with Crippen molar-refractivity contribution >= 4 is 29.3 Å². The molecule has 1 aromatic heterocycles. The molecule has 10 nitrogen and oxygen atoms in total. The number of unbranched alkanes of at least 4 members (excludes halogenated alkanes) is 1. The fourth-order valence-electron chi connectivity index (χ4n) is 5.05. The Morgan fingerprint density at radius 2 is 1.81 bits per heavy atom. The van der Waals surface area contributed by atoms with E-state index >= 15 is 0 Å². The van der Waals surface area contributed by atoms with Gasteiger partial charge < -0.3 is 31.1 Å². The Bertz CT molecular complexity index is 1440. The molecule has 1 atom stereocenters. The van der Waals surface area contributed by atoms with E-state index in [2.05, 4.69) is 20.5 Å². The lowest BCUT2D eigenvalue weighted by Crippen LogP contribution is -2.55. The van der Waals surface area contributed by atoms with Crippen LogP contribution in [0.4, 0.5) is 11.5 Å². The first kappa shape index (κ1) is 31.5. The van der Waals surface area contributed by atoms with Crippen LogP contribution in [0.3, 0.4) is 0 Å². The maximum Gasteiger partial charge on any atom is 0.319 e. The van der Waals surface area contributed by atoms with Crippen molar-refractivity contribution in [1.29, 1.82) is 0 Å². The number of aliphatic carboxylic acids is 1. The number of amides is 2. The van der Waals surface area contributed by atoms with Gasteiger partial charge in [0.1, 0.15) is 29.6 Å². The number of ether oxygens (including phenoxy) is 1. The number of nitrogen functional groups attached to an aromatic ring is 1. The number of pyridine rings is 1. The van der Waals surface area contributed by atoms with E-state index in [1.54, 1.807) is 18.3 Å². The van der Waals surface area contributed by atoms with Gasteiger partial charge in [0.25, 0.3) is 0 Å². The summed E-state index contributed by atoms with van der Waals surface area (Å²) in [6, 6.07) is 16.2. The van der Waals surface area contributed by atoms with Crippen molar-refractivity contribution in [3.8, 4) is 16.9 Å². The number of benzene rings is 2. The van der Waals surface area contributed by atoms with E-state index < -0.39 is 23.3 Å². The number of para-hydroxylation sites is 1. The molecule has 0 unspecified atom stereocenters. The first-order valence-corrected chi connectivity index (χ1v) is 14.6. The minimum absolute atomic E-state index is 0.285. The number of nitrogens with two attached hydrogens (primary N) is 1. The highest BCUT2D eigenvalue weighted by Crippen LogP contribution is 2.41. The molecule has 2 aromatic carbocycles. The number of carboxylic acids is 1. The maximum atomic E-state index is 13.3. The van der Waals surface area contributed by atoms with Crippen molar-refractivity contribution in [2.45, 2.75) is 58.1 Å². The SMILES string of the molecule is Cc1cc(-c2ccccc2OCc2ccc(NC(=O)[C@H](CCCCN(C)C)NC(=O)C3(C(=O)O)CCC3)cc2)cnc1N. The number of anilines is 2. The van der Waals surface area contributed by atoms with Crippen molar-refractivity contribution < 1.29 is 24.2 Å². The lowest BCUT2D eigenvalue weighted by Gasteiger charge is -2.37. The largest absolute Gasteiger partial charge is 0.488 e. The Morgan fingerprint density at radius 1 is 1.09 bits per heavy atom. The van der Waals surface area contributed by atoms with Gasteiger partial charge in [0, 0.05) is 23.0 Å². The Morgan fingerprint density at radius 3 is 2.44 bits per heavy atom. The van der Waals surface area contributed by atoms with Gasteiger partial charge in [-0.05, 0) is 95.1 Å². The predicted molar refractivity (Wildman–Crippen MR) is 166 cm³/mol. The van der Waals surface area contributed by atoms with Gasteiger partial charge in [-0.15, -0.1) is 0 Å². The average molecular weight is 588 g/mol. The van der Waals surface area contributed by atoms with E-state index in [1.807, 2.05) is 63.5 Å². The average Bonchev–Trinajstić information content (AvgIpc) is 2.95. The van der Waals surface area contributed by atoms with Crippen molar-refractivity contribution in [3.63, 3.8) is 0 Å². The molecule has 5 N–H and O–H groups in total. The molecule has 0 spiro atoms. The summed E-state index contributed by atoms with van der Waals surface area (Å²) < 4.78 is 6.14. The molecule has 1 heterocycles. The number of nitrogens with zero attached hydrogens (tertiary/aromatic N) is 2. The molecule has 228 valence electrons. The number of rotatable bonds is 14. The molecular formula is C33H41N5O5. The standard InChI is InChI=1S/C33H41N5O5/c1-22-19-24(20-35-29(22)34)26-9-4-5-11-28(26)43-21-23-12-14-25(15-13-23)36-30(39)27(10-6-7-18-38(2)3)37-31(40)33(32(41)42)16-8-17-33/h4-5,9,11-15,19-20,27H,6-8,10,16-18,21H2,1-3H3,(H2,34,35)(H,36,39)(H,37,40)(H,41,42)/t27-/m0/s1. The van der Waals surface area contributed by atoms with Gasteiger partial charge in [0.2, 0.25) is 11.8 Å². The van der Waals surface area contributed by atoms with E-state index in [0.717, 1.165) is 35.2 Å². The number of hydrogen-bond donors (Lipinski definition) is 4. The number of hydrogen-bond acceptors (Lipinski definition) is 7. The summed E-state index contributed by atoms with van der Waals surface area (Å²) in [6.45, 7) is 3.08. The van der Waals surface area contributed by atoms with Gasteiger partial charge >= 0.3 is 5.97 Å². The monoisotopic (exact) mass is 587 g/mol. The molecule has 1 fully saturated rings. The molecular weight excluding hydrogens is 546 g/mol. The predicted octanol–water partition coefficient (Wildman–Crippen LogP) is 4.63. The van der Waals surface area contributed by atoms with Gasteiger partial charge in [-0.3, -0.25) is 14.4 Å². The molecule has 1 saturated carbocycles. The van der Waals surface area contributed by atoms with Gasteiger partial charge in [-0.25, -0.2) is 4.98 Å². The third-order valence-corrected chi connectivity index (χ3v) is 7.95. The van der Waals surface area contributed by atoms with Gasteiger partial charge in [-0.2, -0.15) is 0 Å². The zero-order valence-electron chi connectivity index (χ0n) is 25.1. The highest BCUT2D eigenvalue weighted by molar-refractivity contribution is 6.05. The molecule has 2 amide bonds. The minimum atomic E-state index is -1.44. The normalized spacial score (nSPS) is 14.4. The fraction of sp³-hybridized carbons (Fsp3) is 0.394. The van der Waals surface area contributed by atoms with Crippen molar-refractivity contribution in [2.24, 2.45) is 5.41 Å². The molecule has 0 radical (unpaired) electrons. The van der Waals surface area contributed by atoms with Crippen LogP contribution >= 0.6 is 0 Å². The zero-order valence-corrected chi connectivity index (χ0v) is 25.1. The first-order valence-electron chi connectivity index (χ1n) is 14.6. The lowest BCUT2D eigenvalue weighted by atomic mass is 9.68. The molecule has 10 heteroatoms. The van der Waals surface area contributed by atoms with Crippen molar-refractivity contribution in [3.05, 3.63) is 71.9 Å². The summed E-state index contributed by atoms with van der Waals surface area (Å²) in [5, 5.41) is 15.3. The van der Waals surface area contributed by atoms with Gasteiger partial charge in [-0.1, -0.05) is 36.8 Å². The molecule has 4 rings (SSSR count). The lowest BCUT2D eigenvalue weighted by molar-refractivity contribution is -0.162. The van der Waals surface area contributed by atoms with Crippen LogP contribution in [0.2, 0.25) is 0 Å². The Hall–Kier alpha value is -4.44. The van der Waals surface area contributed by atoms with E-state index in [4.69, 9.17) is 10.5 Å². The number of carboxylic acid groups (broad SMARTS) is 1. The summed E-state index contributed by atoms with van der Waals surface area (Å²) in [5.41, 5.74) is 8.63. The van der Waals surface area contributed by atoms with Crippen LogP contribution in [0.25, 0.3) is 11.1 Å². The van der Waals surface area contributed by atoms with Crippen LogP contribution in [0.5, 0.6) is 5.75 Å². The number of nitrogens with one attached hydrogen (secondary N) is 2. The fourth-order valence-corrected chi connectivity index (χ4v) is 5.05. The minimum Gasteiger partial charge on any atom is -0.488 e. The summed E-state index contributed by atoms with van der Waals surface area (Å²) in [7, 11) is 3.95. The topological polar surface area (TPSA) is 147 Å². The van der Waals surface area contributed by atoms with E-state index in [0.29, 0.717) is 43.1 Å². The third-order valence-electron chi connectivity index (χ3n) is 7.95. The van der Waals surface area contributed by atoms with E-state index in [-0.39, 0.29) is 18.7 Å². The summed E-state index contributed by atoms with van der Waals surface area (Å²) >= 11 is 0. The second-order valence-electron chi connectivity index (χ2n) is 11.5. The molecule has 3 aromatic rings. The quantitative estimate of drug-likeness (QED) is 0.158. The number of carbonyl (C=O) groups excluding carboxylic acids is 2. The van der Waals surface area contributed by atoms with Crippen molar-refractivity contribution in [1.82, 2.24) is 15.2 Å². The van der Waals surface area contributed by atoms with Crippen LogP contribution in [-0.4, -0.2) is 59.5 Å². The van der Waals surface area contributed by atoms with Crippen LogP contribution < -0.4 is 21.1 Å². The van der Waals surface area contributed by atoms with Crippen LogP contribution in [-0.2, 0) is 21.0 Å². The van der Waals surface area contributed by atoms with Gasteiger partial charge in [0.15, 0.2) is 0 Å². The molecule has 1 aliphatic rings. The first-order chi connectivity index (χ1) is 20.6. The molecule has 0 saturated heterocycles. The third kappa shape index (κ3) is 7.90. The summed E-state index contributed by atoms with van der Waals surface area (Å²) in [5.74, 6) is -0.886. The molecule has 1 aliphatic carbocycles. The van der Waals surface area contributed by atoms with Crippen LogP contribution in [0.15, 0.2) is 60.8 Å². The maximum absolute atomic E-state index is 13.3. The van der Waals surface area contributed by atoms with E-state index in [1.165, 1.54) is 0 Å². The second kappa shape index (κ2) is 14.2. The second-order valence-corrected chi connectivity index (χ2v) is 11.5. The number of aryl methyl sites for hydroxylation is 1. The summed E-state index contributed by atoms with van der Waals surface area (Å²) in [4.78, 5) is 44.4. The smallest absolute Gasteiger partial charge is 0.319 e. The number of aromatic nitrogens is 1. The molecule has 0 bridgehead atoms. The van der Waals surface area contributed by atoms with Crippen molar-refractivity contribution in [2.75, 3.05) is 31.7 Å². The highest BCUT2D eigenvalue weighted by atomic mass is 16.5. The van der Waals surface area contributed by atoms with Crippen LogP contribution in [0.1, 0.15) is 49.7 Å². The Balaban J connectivity index is 1.39. The van der Waals surface area contributed by atoms with E-state index in [9.17, 15) is 19.5 Å². The Labute approximate surface area is 252 Å². The summed E-state index contributed by atoms with van der Waals surface area (Å²) in [6.07, 6.45) is 4.95. The highest BCUT2D eigenvalue weighted by Gasteiger charge is 2.51. The molecule has 0 aliphatic heterocycles. The van der Waals surface area contributed by atoms with Gasteiger partial charge in [0.05, 0.1) is 0 Å². The molecule has 43 heavy (non-hydrogen) atoms. The number of carbonyl (C=O) groups is 3. The Kier molecular flexibility index (Phi) is 10.4. The zero-order chi connectivity index (χ0) is 31.0.